The molecule has 0 spiro atoms. The quantitative estimate of drug-likeness (QED) is 0.562. The van der Waals surface area contributed by atoms with Gasteiger partial charge in [-0.2, -0.15) is 0 Å². The minimum atomic E-state index is -0.318. The van der Waals surface area contributed by atoms with Crippen molar-refractivity contribution in [2.75, 3.05) is 13.2 Å². The summed E-state index contributed by atoms with van der Waals surface area (Å²) in [6, 6.07) is 0. The molecule has 0 saturated carbocycles. The van der Waals surface area contributed by atoms with Crippen LogP contribution in [0.3, 0.4) is 0 Å². The molecule has 0 aliphatic carbocycles. The van der Waals surface area contributed by atoms with E-state index in [1.165, 1.54) is 0 Å². The lowest BCUT2D eigenvalue weighted by molar-refractivity contribution is 0.0450. The summed E-state index contributed by atoms with van der Waals surface area (Å²) in [5, 5.41) is 8.73. The van der Waals surface area contributed by atoms with E-state index in [9.17, 15) is 0 Å². The van der Waals surface area contributed by atoms with Crippen molar-refractivity contribution in [1.82, 2.24) is 0 Å². The lowest BCUT2D eigenvalue weighted by Crippen LogP contribution is -2.10. The van der Waals surface area contributed by atoms with E-state index in [-0.39, 0.29) is 6.10 Å². The zero-order chi connectivity index (χ0) is 13.1. The average molecular weight is 216 g/mol. The molecule has 1 atom stereocenters. The molecule has 0 fully saturated rings. The second kappa shape index (κ2) is 38.0. The molecule has 0 rings (SSSR count). The van der Waals surface area contributed by atoms with E-state index in [4.69, 9.17) is 9.84 Å². The molecule has 92 valence electrons. The van der Waals surface area contributed by atoms with Crippen molar-refractivity contribution < 1.29 is 9.84 Å². The van der Waals surface area contributed by atoms with Crippen LogP contribution in [-0.4, -0.2) is 24.4 Å². The third kappa shape index (κ3) is 61.7. The summed E-state index contributed by atoms with van der Waals surface area (Å²) in [6.07, 6.45) is 1.92. The van der Waals surface area contributed by atoms with Crippen LogP contribution >= 0.6 is 0 Å². The molecule has 0 aromatic carbocycles. The van der Waals surface area contributed by atoms with Gasteiger partial charge < -0.3 is 9.84 Å². The van der Waals surface area contributed by atoms with Gasteiger partial charge in [0.25, 0.3) is 0 Å². The predicted octanol–water partition coefficient (Wildman–Crippen LogP) is 3.59. The normalized spacial score (nSPS) is 9.00. The van der Waals surface area contributed by atoms with Crippen molar-refractivity contribution in [3.63, 3.8) is 0 Å². The van der Waals surface area contributed by atoms with Crippen molar-refractivity contribution in [3.05, 3.63) is 39.5 Å². The fraction of sp³-hybridized carbons (Fsp3) is 0.538. The highest BCUT2D eigenvalue weighted by Gasteiger charge is 1.92. The van der Waals surface area contributed by atoms with Gasteiger partial charge in [-0.1, -0.05) is 13.3 Å². The van der Waals surface area contributed by atoms with E-state index in [0.29, 0.717) is 6.61 Å². The lowest BCUT2D eigenvalue weighted by Gasteiger charge is -2.03. The molecule has 0 aliphatic rings. The summed E-state index contributed by atoms with van der Waals surface area (Å²) in [5.74, 6) is 0. The molecule has 2 nitrogen and oxygen atoms in total. The van der Waals surface area contributed by atoms with Crippen LogP contribution in [0.1, 0.15) is 26.7 Å². The highest BCUT2D eigenvalue weighted by molar-refractivity contribution is 4.40. The third-order valence-corrected chi connectivity index (χ3v) is 1.00. The van der Waals surface area contributed by atoms with E-state index < -0.39 is 0 Å². The Bertz CT molecular complexity index is 77.9. The van der Waals surface area contributed by atoms with E-state index in [1.807, 2.05) is 0 Å². The lowest BCUT2D eigenvalue weighted by atomic mass is 10.4. The fourth-order valence-corrected chi connectivity index (χ4v) is 0.500. The van der Waals surface area contributed by atoms with E-state index >= 15 is 0 Å². The van der Waals surface area contributed by atoms with E-state index in [0.717, 1.165) is 19.4 Å². The van der Waals surface area contributed by atoms with Crippen LogP contribution in [0, 0.1) is 0 Å². The smallest absolute Gasteiger partial charge is 0.0745 e. The Hall–Kier alpha value is -0.860. The highest BCUT2D eigenvalue weighted by atomic mass is 16.5. The molecule has 0 heterocycles. The van der Waals surface area contributed by atoms with E-state index in [2.05, 4.69) is 46.4 Å². The third-order valence-electron chi connectivity index (χ3n) is 1.00. The molecule has 15 heavy (non-hydrogen) atoms. The molecule has 1 N–H and O–H groups in total. The van der Waals surface area contributed by atoms with Crippen LogP contribution in [0.5, 0.6) is 0 Å². The maximum atomic E-state index is 8.73. The first-order valence-electron chi connectivity index (χ1n) is 5.03. The number of aliphatic hydroxyl groups is 1. The Labute approximate surface area is 96.0 Å². The van der Waals surface area contributed by atoms with Gasteiger partial charge in [0.2, 0.25) is 0 Å². The fourth-order valence-electron chi connectivity index (χ4n) is 0.500. The largest absolute Gasteiger partial charge is 0.391 e. The van der Waals surface area contributed by atoms with Crippen molar-refractivity contribution in [1.29, 1.82) is 0 Å². The maximum absolute atomic E-state index is 8.73. The zero-order valence-corrected chi connectivity index (χ0v) is 10.5. The van der Waals surface area contributed by atoms with Gasteiger partial charge in [0, 0.05) is 6.61 Å². The molecule has 0 aliphatic heterocycles. The maximum Gasteiger partial charge on any atom is 0.0745 e. The van der Waals surface area contributed by atoms with Crippen LogP contribution < -0.4 is 0 Å². The number of unbranched alkanes of at least 4 members (excludes halogenated alkanes) is 1. The van der Waals surface area contributed by atoms with Gasteiger partial charge in [-0.3, -0.25) is 0 Å². The molecule has 0 saturated heterocycles. The second-order valence-corrected chi connectivity index (χ2v) is 2.28. The Kier molecular flexibility index (Phi) is 60.1. The first-order valence-corrected chi connectivity index (χ1v) is 5.03. The average Bonchev–Trinajstić information content (AvgIpc) is 2.32. The summed E-state index contributed by atoms with van der Waals surface area (Å²) < 4.78 is 5.09. The van der Waals surface area contributed by atoms with Crippen molar-refractivity contribution in [2.45, 2.75) is 32.8 Å². The number of ether oxygens (including phenoxy) is 1. The Morgan fingerprint density at radius 1 is 1.07 bits per heavy atom. The van der Waals surface area contributed by atoms with Gasteiger partial charge >= 0.3 is 0 Å². The van der Waals surface area contributed by atoms with Crippen LogP contribution in [0.15, 0.2) is 39.5 Å². The Morgan fingerprint density at radius 2 is 1.47 bits per heavy atom. The molecule has 0 aromatic rings. The van der Waals surface area contributed by atoms with Crippen LogP contribution in [0.2, 0.25) is 0 Å². The van der Waals surface area contributed by atoms with Gasteiger partial charge in [-0.25, -0.2) is 0 Å². The van der Waals surface area contributed by atoms with Gasteiger partial charge in [0.15, 0.2) is 0 Å². The number of hydrogen-bond donors (Lipinski definition) is 1. The summed E-state index contributed by atoms with van der Waals surface area (Å²) in [7, 11) is 0. The molecule has 0 bridgehead atoms. The molecular formula is C13H28O2. The van der Waals surface area contributed by atoms with Crippen molar-refractivity contribution >= 4 is 0 Å². The number of hydrogen-bond acceptors (Lipinski definition) is 2. The van der Waals surface area contributed by atoms with Crippen molar-refractivity contribution in [2.24, 2.45) is 0 Å². The summed E-state index contributed by atoms with van der Waals surface area (Å²) in [6.45, 7) is 23.1. The Morgan fingerprint density at radius 3 is 1.73 bits per heavy atom. The van der Waals surface area contributed by atoms with Crippen LogP contribution in [-0.2, 0) is 4.74 Å². The topological polar surface area (TPSA) is 29.5 Å². The molecular weight excluding hydrogens is 188 g/mol. The van der Waals surface area contributed by atoms with Gasteiger partial charge in [0.05, 0.1) is 12.7 Å². The van der Waals surface area contributed by atoms with Gasteiger partial charge in [-0.05, 0) is 13.3 Å². The molecule has 0 aromatic heterocycles. The number of aliphatic hydroxyl groups excluding tert-OH is 1. The molecule has 0 radical (unpaired) electrons. The van der Waals surface area contributed by atoms with Crippen molar-refractivity contribution in [3.8, 4) is 0 Å². The summed E-state index contributed by atoms with van der Waals surface area (Å²) in [4.78, 5) is 0. The standard InChI is InChI=1S/C7H16O2.3C2H4/c1-3-4-5-9-6-7(2)8;3*1-2/h7-8H,3-6H2,1-2H3;3*1-2H2. The SMILES string of the molecule is C=C.C=C.C=C.CCCCOCC(C)O. The first kappa shape index (κ1) is 23.7. The summed E-state index contributed by atoms with van der Waals surface area (Å²) in [5.41, 5.74) is 0. The first-order chi connectivity index (χ1) is 7.27. The van der Waals surface area contributed by atoms with Gasteiger partial charge in [-0.15, -0.1) is 39.5 Å². The zero-order valence-electron chi connectivity index (χ0n) is 10.5. The number of rotatable bonds is 5. The van der Waals surface area contributed by atoms with Gasteiger partial charge in [0.1, 0.15) is 0 Å². The minimum absolute atomic E-state index is 0.318. The minimum Gasteiger partial charge on any atom is -0.391 e. The molecule has 0 amide bonds. The Balaban J connectivity index is -0.0000000860. The van der Waals surface area contributed by atoms with Crippen LogP contribution in [0.4, 0.5) is 0 Å². The monoisotopic (exact) mass is 216 g/mol. The second-order valence-electron chi connectivity index (χ2n) is 2.28. The predicted molar refractivity (Wildman–Crippen MR) is 71.2 cm³/mol. The summed E-state index contributed by atoms with van der Waals surface area (Å²) >= 11 is 0. The molecule has 2 heteroatoms. The molecule has 1 unspecified atom stereocenters. The highest BCUT2D eigenvalue weighted by Crippen LogP contribution is 1.89. The van der Waals surface area contributed by atoms with Crippen LogP contribution in [0.25, 0.3) is 0 Å². The van der Waals surface area contributed by atoms with E-state index in [1.54, 1.807) is 6.92 Å².